The monoisotopic (exact) mass is 296 g/mol. The molecule has 22 heavy (non-hydrogen) atoms. The van der Waals surface area contributed by atoms with Crippen LogP contribution in [0.15, 0.2) is 48.5 Å². The molecular formula is C18H20N2O2. The molecule has 2 aromatic carbocycles. The van der Waals surface area contributed by atoms with Crippen LogP contribution in [0.1, 0.15) is 15.9 Å². The minimum Gasteiger partial charge on any atom is -0.388 e. The molecule has 0 radical (unpaired) electrons. The van der Waals surface area contributed by atoms with Gasteiger partial charge in [-0.2, -0.15) is 0 Å². The van der Waals surface area contributed by atoms with E-state index in [1.54, 1.807) is 0 Å². The highest BCUT2D eigenvalue weighted by molar-refractivity contribution is 6.09. The molecule has 114 valence electrons. The Kier molecular flexibility index (Phi) is 4.39. The van der Waals surface area contributed by atoms with Crippen LogP contribution in [-0.2, 0) is 4.74 Å². The molecule has 1 N–H and O–H groups in total. The maximum atomic E-state index is 12.5. The van der Waals surface area contributed by atoms with Gasteiger partial charge in [-0.05, 0) is 48.5 Å². The first-order valence-corrected chi connectivity index (χ1v) is 7.53. The maximum Gasteiger partial charge on any atom is 0.193 e. The third-order valence-electron chi connectivity index (χ3n) is 3.94. The van der Waals surface area contributed by atoms with Crippen LogP contribution in [-0.4, -0.2) is 39.1 Å². The van der Waals surface area contributed by atoms with Crippen molar-refractivity contribution in [2.45, 2.75) is 0 Å². The lowest BCUT2D eigenvalue weighted by atomic mass is 10.0. The number of anilines is 2. The number of rotatable bonds is 4. The minimum atomic E-state index is 0.0520. The summed E-state index contributed by atoms with van der Waals surface area (Å²) in [6, 6.07) is 15.4. The molecule has 0 unspecified atom stereocenters. The summed E-state index contributed by atoms with van der Waals surface area (Å²) in [6.07, 6.45) is 0. The highest BCUT2D eigenvalue weighted by Gasteiger charge is 2.13. The number of nitrogens with zero attached hydrogens (tertiary/aromatic N) is 1. The Hall–Kier alpha value is -2.33. The zero-order chi connectivity index (χ0) is 15.4. The van der Waals surface area contributed by atoms with Crippen molar-refractivity contribution in [3.63, 3.8) is 0 Å². The fraction of sp³-hybridized carbons (Fsp3) is 0.278. The Bertz CT molecular complexity index is 629. The smallest absolute Gasteiger partial charge is 0.193 e. The largest absolute Gasteiger partial charge is 0.388 e. The van der Waals surface area contributed by atoms with Crippen LogP contribution in [0.25, 0.3) is 0 Å². The van der Waals surface area contributed by atoms with E-state index in [9.17, 15) is 4.79 Å². The van der Waals surface area contributed by atoms with Gasteiger partial charge in [0.05, 0.1) is 13.2 Å². The number of hydrogen-bond acceptors (Lipinski definition) is 4. The SMILES string of the molecule is CNc1ccc(C(=O)c2ccc(N3CCOCC3)cc2)cc1. The number of benzene rings is 2. The van der Waals surface area contributed by atoms with Crippen molar-refractivity contribution in [2.75, 3.05) is 43.6 Å². The summed E-state index contributed by atoms with van der Waals surface area (Å²) >= 11 is 0. The standard InChI is InChI=1S/C18H20N2O2/c1-19-16-6-2-14(3-7-16)18(21)15-4-8-17(9-5-15)20-10-12-22-13-11-20/h2-9,19H,10-13H2,1H3. The third kappa shape index (κ3) is 3.12. The molecule has 1 heterocycles. The van der Waals surface area contributed by atoms with Gasteiger partial charge < -0.3 is 15.0 Å². The summed E-state index contributed by atoms with van der Waals surface area (Å²) in [5, 5.41) is 3.05. The zero-order valence-electron chi connectivity index (χ0n) is 12.7. The molecule has 4 heteroatoms. The average molecular weight is 296 g/mol. The summed E-state index contributed by atoms with van der Waals surface area (Å²) in [6.45, 7) is 3.33. The molecular weight excluding hydrogens is 276 g/mol. The molecule has 0 bridgehead atoms. The summed E-state index contributed by atoms with van der Waals surface area (Å²) < 4.78 is 5.36. The normalized spacial score (nSPS) is 14.7. The Morgan fingerprint density at radius 3 is 2.05 bits per heavy atom. The molecule has 1 aliphatic heterocycles. The van der Waals surface area contributed by atoms with Gasteiger partial charge in [0.15, 0.2) is 5.78 Å². The Morgan fingerprint density at radius 2 is 1.50 bits per heavy atom. The van der Waals surface area contributed by atoms with Crippen LogP contribution in [0.3, 0.4) is 0 Å². The summed E-state index contributed by atoms with van der Waals surface area (Å²) in [5.74, 6) is 0.0520. The molecule has 0 spiro atoms. The fourth-order valence-corrected chi connectivity index (χ4v) is 2.60. The molecule has 0 amide bonds. The number of nitrogens with one attached hydrogen (secondary N) is 1. The van der Waals surface area contributed by atoms with Crippen molar-refractivity contribution >= 4 is 17.2 Å². The van der Waals surface area contributed by atoms with Gasteiger partial charge in [-0.3, -0.25) is 4.79 Å². The van der Waals surface area contributed by atoms with Crippen molar-refractivity contribution in [3.8, 4) is 0 Å². The number of morpholine rings is 1. The second-order valence-corrected chi connectivity index (χ2v) is 5.30. The topological polar surface area (TPSA) is 41.6 Å². The summed E-state index contributed by atoms with van der Waals surface area (Å²) in [7, 11) is 1.86. The van der Waals surface area contributed by atoms with Crippen molar-refractivity contribution < 1.29 is 9.53 Å². The zero-order valence-corrected chi connectivity index (χ0v) is 12.7. The van der Waals surface area contributed by atoms with Gasteiger partial charge in [-0.15, -0.1) is 0 Å². The van der Waals surface area contributed by atoms with E-state index in [1.165, 1.54) is 0 Å². The van der Waals surface area contributed by atoms with Crippen molar-refractivity contribution in [2.24, 2.45) is 0 Å². The third-order valence-corrected chi connectivity index (χ3v) is 3.94. The Labute approximate surface area is 130 Å². The van der Waals surface area contributed by atoms with Crippen molar-refractivity contribution in [1.82, 2.24) is 0 Å². The quantitative estimate of drug-likeness (QED) is 0.881. The first kappa shape index (κ1) is 14.6. The van der Waals surface area contributed by atoms with E-state index in [0.717, 1.165) is 37.7 Å². The second-order valence-electron chi connectivity index (χ2n) is 5.30. The molecule has 0 atom stereocenters. The first-order chi connectivity index (χ1) is 10.8. The molecule has 3 rings (SSSR count). The first-order valence-electron chi connectivity index (χ1n) is 7.53. The summed E-state index contributed by atoms with van der Waals surface area (Å²) in [4.78, 5) is 14.8. The average Bonchev–Trinajstić information content (AvgIpc) is 2.62. The van der Waals surface area contributed by atoms with E-state index in [2.05, 4.69) is 10.2 Å². The molecule has 1 saturated heterocycles. The van der Waals surface area contributed by atoms with Crippen LogP contribution in [0.5, 0.6) is 0 Å². The van der Waals surface area contributed by atoms with E-state index in [1.807, 2.05) is 55.6 Å². The minimum absolute atomic E-state index is 0.0520. The van der Waals surface area contributed by atoms with Crippen molar-refractivity contribution in [3.05, 3.63) is 59.7 Å². The van der Waals surface area contributed by atoms with Crippen LogP contribution in [0.2, 0.25) is 0 Å². The van der Waals surface area contributed by atoms with Gasteiger partial charge >= 0.3 is 0 Å². The second kappa shape index (κ2) is 6.62. The maximum absolute atomic E-state index is 12.5. The number of ether oxygens (including phenoxy) is 1. The van der Waals surface area contributed by atoms with E-state index < -0.39 is 0 Å². The highest BCUT2D eigenvalue weighted by Crippen LogP contribution is 2.19. The molecule has 0 aromatic heterocycles. The number of carbonyl (C=O) groups is 1. The van der Waals surface area contributed by atoms with E-state index in [0.29, 0.717) is 11.1 Å². The van der Waals surface area contributed by atoms with Crippen LogP contribution < -0.4 is 10.2 Å². The highest BCUT2D eigenvalue weighted by atomic mass is 16.5. The molecule has 4 nitrogen and oxygen atoms in total. The number of hydrogen-bond donors (Lipinski definition) is 1. The Balaban J connectivity index is 1.74. The van der Waals surface area contributed by atoms with Crippen LogP contribution in [0, 0.1) is 0 Å². The summed E-state index contributed by atoms with van der Waals surface area (Å²) in [5.41, 5.74) is 3.57. The van der Waals surface area contributed by atoms with E-state index >= 15 is 0 Å². The molecule has 0 aliphatic carbocycles. The van der Waals surface area contributed by atoms with E-state index in [4.69, 9.17) is 4.74 Å². The van der Waals surface area contributed by atoms with Gasteiger partial charge in [0, 0.05) is 42.6 Å². The number of carbonyl (C=O) groups excluding carboxylic acids is 1. The van der Waals surface area contributed by atoms with Gasteiger partial charge in [0.1, 0.15) is 0 Å². The molecule has 2 aromatic rings. The molecule has 0 saturated carbocycles. The lowest BCUT2D eigenvalue weighted by Crippen LogP contribution is -2.36. The number of ketones is 1. The fourth-order valence-electron chi connectivity index (χ4n) is 2.60. The van der Waals surface area contributed by atoms with Gasteiger partial charge in [0.2, 0.25) is 0 Å². The predicted octanol–water partition coefficient (Wildman–Crippen LogP) is 2.80. The molecule has 1 fully saturated rings. The van der Waals surface area contributed by atoms with Gasteiger partial charge in [-0.1, -0.05) is 0 Å². The lowest BCUT2D eigenvalue weighted by Gasteiger charge is -2.28. The van der Waals surface area contributed by atoms with Gasteiger partial charge in [-0.25, -0.2) is 0 Å². The molecule has 1 aliphatic rings. The van der Waals surface area contributed by atoms with Crippen LogP contribution >= 0.6 is 0 Å². The van der Waals surface area contributed by atoms with Crippen molar-refractivity contribution in [1.29, 1.82) is 0 Å². The lowest BCUT2D eigenvalue weighted by molar-refractivity contribution is 0.103. The van der Waals surface area contributed by atoms with Crippen LogP contribution in [0.4, 0.5) is 11.4 Å². The van der Waals surface area contributed by atoms with Gasteiger partial charge in [0.25, 0.3) is 0 Å². The predicted molar refractivity (Wildman–Crippen MR) is 88.9 cm³/mol. The Morgan fingerprint density at radius 1 is 0.955 bits per heavy atom. The van der Waals surface area contributed by atoms with E-state index in [-0.39, 0.29) is 5.78 Å².